The van der Waals surface area contributed by atoms with Gasteiger partial charge in [-0.3, -0.25) is 4.79 Å². The minimum atomic E-state index is -0.461. The van der Waals surface area contributed by atoms with Gasteiger partial charge in [-0.05, 0) is 49.1 Å². The first-order valence-corrected chi connectivity index (χ1v) is 10.1. The Morgan fingerprint density at radius 2 is 1.74 bits per heavy atom. The number of piperidine rings is 1. The number of aromatic hydroxyl groups is 2. The molecule has 0 bridgehead atoms. The molecule has 1 saturated heterocycles. The Morgan fingerprint density at radius 3 is 2.48 bits per heavy atom. The largest absolute Gasteiger partial charge is 0.504 e. The van der Waals surface area contributed by atoms with Crippen LogP contribution in [0.15, 0.2) is 59.7 Å². The molecule has 0 aliphatic carbocycles. The fourth-order valence-corrected chi connectivity index (χ4v) is 3.39. The van der Waals surface area contributed by atoms with Crippen LogP contribution in [0.1, 0.15) is 35.3 Å². The first-order valence-electron chi connectivity index (χ1n) is 10.1. The van der Waals surface area contributed by atoms with E-state index in [2.05, 4.69) is 20.4 Å². The summed E-state index contributed by atoms with van der Waals surface area (Å²) in [5.74, 6) is -0.402. The SMILES string of the molecule is O=C(N/N=C/c1ccc(O)c(O)c1)c1cc(-c2ccccc2)nc(N2CCCCC2)n1. The maximum Gasteiger partial charge on any atom is 0.290 e. The minimum Gasteiger partial charge on any atom is -0.504 e. The predicted octanol–water partition coefficient (Wildman–Crippen LogP) is 3.31. The zero-order valence-corrected chi connectivity index (χ0v) is 16.9. The molecule has 158 valence electrons. The predicted molar refractivity (Wildman–Crippen MR) is 118 cm³/mol. The van der Waals surface area contributed by atoms with Gasteiger partial charge in [-0.25, -0.2) is 15.4 Å². The van der Waals surface area contributed by atoms with E-state index >= 15 is 0 Å². The van der Waals surface area contributed by atoms with Crippen LogP contribution in [0, 0.1) is 0 Å². The summed E-state index contributed by atoms with van der Waals surface area (Å²) in [4.78, 5) is 24.0. The third-order valence-electron chi connectivity index (χ3n) is 5.03. The van der Waals surface area contributed by atoms with Crippen LogP contribution in [0.5, 0.6) is 11.5 Å². The van der Waals surface area contributed by atoms with Crippen molar-refractivity contribution in [2.45, 2.75) is 19.3 Å². The number of benzene rings is 2. The molecular weight excluding hydrogens is 394 g/mol. The number of aromatic nitrogens is 2. The fraction of sp³-hybridized carbons (Fsp3) is 0.217. The lowest BCUT2D eigenvalue weighted by Crippen LogP contribution is -2.32. The number of phenolic OH excluding ortho intramolecular Hbond substituents is 2. The van der Waals surface area contributed by atoms with Crippen LogP contribution < -0.4 is 10.3 Å². The zero-order chi connectivity index (χ0) is 21.6. The van der Waals surface area contributed by atoms with Crippen molar-refractivity contribution in [1.82, 2.24) is 15.4 Å². The van der Waals surface area contributed by atoms with Gasteiger partial charge in [0, 0.05) is 18.7 Å². The first kappa shape index (κ1) is 20.3. The van der Waals surface area contributed by atoms with Crippen LogP contribution >= 0.6 is 0 Å². The van der Waals surface area contributed by atoms with Crippen LogP contribution in [0.2, 0.25) is 0 Å². The summed E-state index contributed by atoms with van der Waals surface area (Å²) >= 11 is 0. The highest BCUT2D eigenvalue weighted by Crippen LogP contribution is 2.24. The third kappa shape index (κ3) is 4.98. The molecule has 1 aliphatic heterocycles. The smallest absolute Gasteiger partial charge is 0.290 e. The number of anilines is 1. The molecular formula is C23H23N5O3. The van der Waals surface area contributed by atoms with Gasteiger partial charge in [-0.2, -0.15) is 5.10 Å². The molecule has 4 rings (SSSR count). The lowest BCUT2D eigenvalue weighted by atomic mass is 10.1. The Labute approximate surface area is 179 Å². The molecule has 2 heterocycles. The highest BCUT2D eigenvalue weighted by Gasteiger charge is 2.18. The molecule has 2 aromatic carbocycles. The number of hydrogen-bond acceptors (Lipinski definition) is 7. The molecule has 31 heavy (non-hydrogen) atoms. The Balaban J connectivity index is 1.58. The molecule has 8 nitrogen and oxygen atoms in total. The van der Waals surface area contributed by atoms with Crippen LogP contribution in [-0.2, 0) is 0 Å². The number of nitrogens with one attached hydrogen (secondary N) is 1. The summed E-state index contributed by atoms with van der Waals surface area (Å²) in [6.45, 7) is 1.73. The summed E-state index contributed by atoms with van der Waals surface area (Å²) in [6.07, 6.45) is 4.71. The number of hydrazone groups is 1. The monoisotopic (exact) mass is 417 g/mol. The number of hydrogen-bond donors (Lipinski definition) is 3. The Morgan fingerprint density at radius 1 is 0.968 bits per heavy atom. The first-order chi connectivity index (χ1) is 15.1. The second-order valence-electron chi connectivity index (χ2n) is 7.30. The third-order valence-corrected chi connectivity index (χ3v) is 5.03. The highest BCUT2D eigenvalue weighted by atomic mass is 16.3. The number of carbonyl (C=O) groups excluding carboxylic acids is 1. The van der Waals surface area contributed by atoms with Crippen molar-refractivity contribution in [2.75, 3.05) is 18.0 Å². The van der Waals surface area contributed by atoms with Crippen molar-refractivity contribution in [1.29, 1.82) is 0 Å². The van der Waals surface area contributed by atoms with Gasteiger partial charge in [0.2, 0.25) is 5.95 Å². The molecule has 0 radical (unpaired) electrons. The van der Waals surface area contributed by atoms with E-state index in [9.17, 15) is 15.0 Å². The van der Waals surface area contributed by atoms with Gasteiger partial charge in [-0.15, -0.1) is 0 Å². The number of carbonyl (C=O) groups is 1. The van der Waals surface area contributed by atoms with E-state index in [1.165, 1.54) is 24.8 Å². The van der Waals surface area contributed by atoms with Crippen LogP contribution in [-0.4, -0.2) is 45.4 Å². The van der Waals surface area contributed by atoms with Crippen molar-refractivity contribution in [3.8, 4) is 22.8 Å². The molecule has 0 atom stereocenters. The van der Waals surface area contributed by atoms with Crippen molar-refractivity contribution in [2.24, 2.45) is 5.10 Å². The molecule has 1 fully saturated rings. The van der Waals surface area contributed by atoms with E-state index in [0.717, 1.165) is 31.5 Å². The van der Waals surface area contributed by atoms with Gasteiger partial charge in [0.05, 0.1) is 11.9 Å². The second kappa shape index (κ2) is 9.25. The van der Waals surface area contributed by atoms with Gasteiger partial charge in [0.1, 0.15) is 5.69 Å². The molecule has 0 unspecified atom stereocenters. The van der Waals surface area contributed by atoms with Gasteiger partial charge in [-0.1, -0.05) is 30.3 Å². The summed E-state index contributed by atoms with van der Waals surface area (Å²) in [5.41, 5.74) is 4.79. The molecule has 8 heteroatoms. The number of amides is 1. The number of phenols is 2. The van der Waals surface area contributed by atoms with Gasteiger partial charge >= 0.3 is 0 Å². The van der Waals surface area contributed by atoms with Crippen LogP contribution in [0.3, 0.4) is 0 Å². The Bertz CT molecular complexity index is 1100. The van der Waals surface area contributed by atoms with Crippen molar-refractivity contribution in [3.05, 3.63) is 65.9 Å². The Kier molecular flexibility index (Phi) is 6.07. The normalized spacial score (nSPS) is 14.0. The molecule has 1 aliphatic rings. The summed E-state index contributed by atoms with van der Waals surface area (Å²) in [7, 11) is 0. The minimum absolute atomic E-state index is 0.221. The van der Waals surface area contributed by atoms with E-state index in [1.807, 2.05) is 30.3 Å². The molecule has 1 aromatic heterocycles. The summed E-state index contributed by atoms with van der Waals surface area (Å²) < 4.78 is 0. The molecule has 0 saturated carbocycles. The van der Waals surface area contributed by atoms with Gasteiger partial charge in [0.15, 0.2) is 11.5 Å². The van der Waals surface area contributed by atoms with Crippen molar-refractivity contribution >= 4 is 18.1 Å². The summed E-state index contributed by atoms with van der Waals surface area (Å²) in [6, 6.07) is 15.6. The summed E-state index contributed by atoms with van der Waals surface area (Å²) in [5, 5.41) is 22.9. The van der Waals surface area contributed by atoms with E-state index in [1.54, 1.807) is 12.1 Å². The van der Waals surface area contributed by atoms with Gasteiger partial charge < -0.3 is 15.1 Å². The van der Waals surface area contributed by atoms with Crippen LogP contribution in [0.25, 0.3) is 11.3 Å². The standard InChI is InChI=1S/C23H23N5O3/c29-20-10-9-16(13-21(20)30)15-24-27-22(31)19-14-18(17-7-3-1-4-8-17)25-23(26-19)28-11-5-2-6-12-28/h1,3-4,7-10,13-15,29-30H,2,5-6,11-12H2,(H,27,31)/b24-15+. The average Bonchev–Trinajstić information content (AvgIpc) is 2.82. The molecule has 0 spiro atoms. The highest BCUT2D eigenvalue weighted by molar-refractivity contribution is 5.94. The van der Waals surface area contributed by atoms with Crippen molar-refractivity contribution in [3.63, 3.8) is 0 Å². The van der Waals surface area contributed by atoms with Crippen LogP contribution in [0.4, 0.5) is 5.95 Å². The van der Waals surface area contributed by atoms with E-state index in [4.69, 9.17) is 4.98 Å². The quantitative estimate of drug-likeness (QED) is 0.334. The second-order valence-corrected chi connectivity index (χ2v) is 7.30. The lowest BCUT2D eigenvalue weighted by Gasteiger charge is -2.27. The maximum absolute atomic E-state index is 12.8. The van der Waals surface area contributed by atoms with Gasteiger partial charge in [0.25, 0.3) is 5.91 Å². The average molecular weight is 417 g/mol. The topological polar surface area (TPSA) is 111 Å². The zero-order valence-electron chi connectivity index (χ0n) is 16.9. The fourth-order valence-electron chi connectivity index (χ4n) is 3.39. The van der Waals surface area contributed by atoms with E-state index in [0.29, 0.717) is 17.2 Å². The number of rotatable bonds is 5. The Hall–Kier alpha value is -3.94. The van der Waals surface area contributed by atoms with Crippen molar-refractivity contribution < 1.29 is 15.0 Å². The number of nitrogens with zero attached hydrogens (tertiary/aromatic N) is 4. The van der Waals surface area contributed by atoms with E-state index in [-0.39, 0.29) is 17.2 Å². The molecule has 3 aromatic rings. The molecule has 1 amide bonds. The van der Waals surface area contributed by atoms with E-state index < -0.39 is 5.91 Å². The molecule has 3 N–H and O–H groups in total. The lowest BCUT2D eigenvalue weighted by molar-refractivity contribution is 0.0950. The maximum atomic E-state index is 12.8.